The molecule has 0 radical (unpaired) electrons. The summed E-state index contributed by atoms with van der Waals surface area (Å²) in [5, 5.41) is 4.32. The molecule has 2 aromatic rings. The van der Waals surface area contributed by atoms with Gasteiger partial charge in [0.15, 0.2) is 0 Å². The van der Waals surface area contributed by atoms with E-state index in [0.29, 0.717) is 11.6 Å². The van der Waals surface area contributed by atoms with E-state index in [4.69, 9.17) is 11.6 Å². The largest absolute Gasteiger partial charge is 0.349 e. The van der Waals surface area contributed by atoms with Crippen molar-refractivity contribution in [2.75, 3.05) is 0 Å². The van der Waals surface area contributed by atoms with Crippen LogP contribution in [-0.4, -0.2) is 10.9 Å². The lowest BCUT2D eigenvalue weighted by Gasteiger charge is -2.27. The summed E-state index contributed by atoms with van der Waals surface area (Å²) in [6.45, 7) is 0. The summed E-state index contributed by atoms with van der Waals surface area (Å²) in [6.07, 6.45) is 0.500. The van der Waals surface area contributed by atoms with E-state index in [1.807, 2.05) is 30.3 Å². The van der Waals surface area contributed by atoms with Gasteiger partial charge in [0.25, 0.3) is 0 Å². The summed E-state index contributed by atoms with van der Waals surface area (Å²) in [5.74, 6) is 0.0641. The predicted octanol–water partition coefficient (Wildman–Crippen LogP) is 2.45. The van der Waals surface area contributed by atoms with E-state index >= 15 is 0 Å². The molecule has 4 heteroatoms. The minimum atomic E-state index is 0.0251. The second-order valence-corrected chi connectivity index (χ2v) is 4.24. The Morgan fingerprint density at radius 3 is 2.88 bits per heavy atom. The maximum Gasteiger partial charge on any atom is 0.222 e. The number of nitrogens with one attached hydrogen (secondary N) is 1. The van der Waals surface area contributed by atoms with Gasteiger partial charge in [0.1, 0.15) is 5.15 Å². The first-order valence-corrected chi connectivity index (χ1v) is 5.46. The van der Waals surface area contributed by atoms with Crippen LogP contribution >= 0.6 is 11.6 Å². The van der Waals surface area contributed by atoms with Crippen LogP contribution in [0.15, 0.2) is 30.3 Å². The molecule has 1 aromatic carbocycles. The van der Waals surface area contributed by atoms with Crippen molar-refractivity contribution in [2.24, 2.45) is 0 Å². The molecule has 1 amide bonds. The van der Waals surface area contributed by atoms with Gasteiger partial charge in [-0.1, -0.05) is 29.8 Å². The van der Waals surface area contributed by atoms with Crippen molar-refractivity contribution in [1.82, 2.24) is 10.3 Å². The summed E-state index contributed by atoms with van der Waals surface area (Å²) in [6, 6.07) is 9.82. The van der Waals surface area contributed by atoms with Crippen molar-refractivity contribution in [1.29, 1.82) is 0 Å². The van der Waals surface area contributed by atoms with E-state index in [0.717, 1.165) is 16.5 Å². The van der Waals surface area contributed by atoms with E-state index in [1.165, 1.54) is 0 Å². The van der Waals surface area contributed by atoms with Crippen LogP contribution in [0, 0.1) is 0 Å². The van der Waals surface area contributed by atoms with Gasteiger partial charge in [-0.2, -0.15) is 0 Å². The predicted molar refractivity (Wildman–Crippen MR) is 62.3 cm³/mol. The number of nitrogens with zero attached hydrogens (tertiary/aromatic N) is 1. The highest BCUT2D eigenvalue weighted by atomic mass is 35.5. The standard InChI is InChI=1S/C12H9ClN2O/c13-12-8(10-6-11(16)14-10)5-7-3-1-2-4-9(7)15-12/h1-5,10H,6H2,(H,14,16). The molecule has 1 aromatic heterocycles. The first kappa shape index (κ1) is 9.60. The van der Waals surface area contributed by atoms with Gasteiger partial charge in [-0.05, 0) is 12.1 Å². The summed E-state index contributed by atoms with van der Waals surface area (Å²) in [5.41, 5.74) is 1.78. The van der Waals surface area contributed by atoms with Crippen LogP contribution in [0.1, 0.15) is 18.0 Å². The Bertz CT molecular complexity index is 574. The van der Waals surface area contributed by atoms with Crippen LogP contribution in [0.3, 0.4) is 0 Å². The van der Waals surface area contributed by atoms with Crippen molar-refractivity contribution < 1.29 is 4.79 Å². The van der Waals surface area contributed by atoms with Crippen LogP contribution in [0.25, 0.3) is 10.9 Å². The molecule has 1 unspecified atom stereocenters. The average molecular weight is 233 g/mol. The molecule has 1 saturated heterocycles. The van der Waals surface area contributed by atoms with E-state index in [1.54, 1.807) is 0 Å². The molecular weight excluding hydrogens is 224 g/mol. The molecule has 1 N–H and O–H groups in total. The number of para-hydroxylation sites is 1. The molecule has 1 aliphatic rings. The maximum absolute atomic E-state index is 10.9. The Morgan fingerprint density at radius 2 is 2.12 bits per heavy atom. The molecular formula is C12H9ClN2O. The molecule has 1 fully saturated rings. The molecule has 3 rings (SSSR count). The fourth-order valence-electron chi connectivity index (χ4n) is 1.90. The van der Waals surface area contributed by atoms with E-state index in [9.17, 15) is 4.79 Å². The number of carbonyl (C=O) groups excluding carboxylic acids is 1. The lowest BCUT2D eigenvalue weighted by molar-refractivity contribution is -0.128. The topological polar surface area (TPSA) is 42.0 Å². The molecule has 16 heavy (non-hydrogen) atoms. The SMILES string of the molecule is O=C1CC(c2cc3ccccc3nc2Cl)N1. The quantitative estimate of drug-likeness (QED) is 0.606. The van der Waals surface area contributed by atoms with Gasteiger partial charge in [0.2, 0.25) is 5.91 Å². The minimum Gasteiger partial charge on any atom is -0.349 e. The van der Waals surface area contributed by atoms with Crippen LogP contribution in [0.5, 0.6) is 0 Å². The number of β-lactam (4-membered cyclic amide) rings is 1. The van der Waals surface area contributed by atoms with Gasteiger partial charge in [0, 0.05) is 10.9 Å². The Hall–Kier alpha value is -1.61. The number of fused-ring (bicyclic) bond motifs is 1. The fraction of sp³-hybridized carbons (Fsp3) is 0.167. The van der Waals surface area contributed by atoms with Crippen LogP contribution in [-0.2, 0) is 4.79 Å². The summed E-state index contributed by atoms with van der Waals surface area (Å²) in [4.78, 5) is 15.2. The second-order valence-electron chi connectivity index (χ2n) is 3.89. The lowest BCUT2D eigenvalue weighted by atomic mass is 9.97. The van der Waals surface area contributed by atoms with E-state index < -0.39 is 0 Å². The number of rotatable bonds is 1. The van der Waals surface area contributed by atoms with Crippen molar-refractivity contribution >= 4 is 28.4 Å². The molecule has 1 aliphatic heterocycles. The number of hydrogen-bond donors (Lipinski definition) is 1. The summed E-state index contributed by atoms with van der Waals surface area (Å²) in [7, 11) is 0. The summed E-state index contributed by atoms with van der Waals surface area (Å²) >= 11 is 6.10. The minimum absolute atomic E-state index is 0.0251. The molecule has 0 spiro atoms. The Labute approximate surface area is 97.4 Å². The van der Waals surface area contributed by atoms with E-state index in [-0.39, 0.29) is 11.9 Å². The van der Waals surface area contributed by atoms with Crippen LogP contribution in [0.4, 0.5) is 0 Å². The number of pyridine rings is 1. The fourth-order valence-corrected chi connectivity index (χ4v) is 2.18. The first-order valence-electron chi connectivity index (χ1n) is 5.08. The average Bonchev–Trinajstić information content (AvgIpc) is 2.24. The van der Waals surface area contributed by atoms with Gasteiger partial charge in [-0.15, -0.1) is 0 Å². The second kappa shape index (κ2) is 3.46. The maximum atomic E-state index is 10.9. The van der Waals surface area contributed by atoms with Crippen LogP contribution < -0.4 is 5.32 Å². The first-order chi connectivity index (χ1) is 7.74. The zero-order valence-electron chi connectivity index (χ0n) is 8.40. The van der Waals surface area contributed by atoms with Gasteiger partial charge in [0.05, 0.1) is 18.0 Å². The van der Waals surface area contributed by atoms with Crippen molar-refractivity contribution in [2.45, 2.75) is 12.5 Å². The third-order valence-electron chi connectivity index (χ3n) is 2.80. The highest BCUT2D eigenvalue weighted by Gasteiger charge is 2.29. The van der Waals surface area contributed by atoms with Gasteiger partial charge in [-0.3, -0.25) is 4.79 Å². The molecule has 80 valence electrons. The zero-order valence-corrected chi connectivity index (χ0v) is 9.16. The number of amides is 1. The Balaban J connectivity index is 2.11. The third kappa shape index (κ3) is 1.44. The van der Waals surface area contributed by atoms with Crippen LogP contribution in [0.2, 0.25) is 5.15 Å². The Morgan fingerprint density at radius 1 is 1.38 bits per heavy atom. The molecule has 2 heterocycles. The number of aromatic nitrogens is 1. The smallest absolute Gasteiger partial charge is 0.222 e. The molecule has 0 aliphatic carbocycles. The van der Waals surface area contributed by atoms with E-state index in [2.05, 4.69) is 10.3 Å². The van der Waals surface area contributed by atoms with Crippen molar-refractivity contribution in [3.63, 3.8) is 0 Å². The summed E-state index contributed by atoms with van der Waals surface area (Å²) < 4.78 is 0. The normalized spacial score (nSPS) is 19.3. The Kier molecular flexibility index (Phi) is 2.07. The molecule has 0 saturated carbocycles. The molecule has 0 bridgehead atoms. The number of carbonyl (C=O) groups is 1. The van der Waals surface area contributed by atoms with Gasteiger partial charge in [-0.25, -0.2) is 4.98 Å². The monoisotopic (exact) mass is 232 g/mol. The highest BCUT2D eigenvalue weighted by molar-refractivity contribution is 6.30. The zero-order chi connectivity index (χ0) is 11.1. The number of hydrogen-bond acceptors (Lipinski definition) is 2. The highest BCUT2D eigenvalue weighted by Crippen LogP contribution is 2.31. The van der Waals surface area contributed by atoms with Gasteiger partial charge >= 0.3 is 0 Å². The van der Waals surface area contributed by atoms with Crippen molar-refractivity contribution in [3.05, 3.63) is 41.0 Å². The van der Waals surface area contributed by atoms with Crippen molar-refractivity contribution in [3.8, 4) is 0 Å². The number of halogens is 1. The third-order valence-corrected chi connectivity index (χ3v) is 3.11. The lowest BCUT2D eigenvalue weighted by Crippen LogP contribution is -2.41. The van der Waals surface area contributed by atoms with Gasteiger partial charge < -0.3 is 5.32 Å². The molecule has 1 atom stereocenters. The molecule has 3 nitrogen and oxygen atoms in total. The number of benzene rings is 1.